The number of hydrogen-bond acceptors (Lipinski definition) is 3. The molecule has 2 fully saturated rings. The molecule has 0 unspecified atom stereocenters. The Morgan fingerprint density at radius 1 is 1.13 bits per heavy atom. The van der Waals surface area contributed by atoms with Gasteiger partial charge < -0.3 is 9.47 Å². The van der Waals surface area contributed by atoms with Gasteiger partial charge in [-0.15, -0.1) is 0 Å². The first-order valence-electron chi connectivity index (χ1n) is 6.08. The van der Waals surface area contributed by atoms with E-state index in [-0.39, 0.29) is 5.79 Å². The van der Waals surface area contributed by atoms with Crippen LogP contribution in [0.2, 0.25) is 0 Å². The van der Waals surface area contributed by atoms with E-state index in [1.165, 1.54) is 0 Å². The zero-order valence-corrected chi connectivity index (χ0v) is 10.3. The summed E-state index contributed by atoms with van der Waals surface area (Å²) in [5.74, 6) is 0.388. The van der Waals surface area contributed by atoms with Crippen molar-refractivity contribution in [3.05, 3.63) is 0 Å². The van der Waals surface area contributed by atoms with E-state index in [0.29, 0.717) is 18.0 Å². The van der Waals surface area contributed by atoms with Crippen LogP contribution in [0.4, 0.5) is 0 Å². The molecule has 0 saturated carbocycles. The maximum atomic E-state index is 5.80. The predicted octanol–water partition coefficient (Wildman–Crippen LogP) is 1.87. The summed E-state index contributed by atoms with van der Waals surface area (Å²) in [4.78, 5) is 2.52. The molecule has 2 saturated heterocycles. The molecular formula is C12H23NO2. The van der Waals surface area contributed by atoms with Gasteiger partial charge in [-0.25, -0.2) is 0 Å². The fraction of sp³-hybridized carbons (Fsp3) is 1.00. The van der Waals surface area contributed by atoms with Crippen LogP contribution in [0.25, 0.3) is 0 Å². The number of nitrogens with zero attached hydrogens (tertiary/aromatic N) is 1. The Hall–Kier alpha value is -0.120. The van der Waals surface area contributed by atoms with E-state index in [1.807, 2.05) is 0 Å². The van der Waals surface area contributed by atoms with Crippen molar-refractivity contribution in [1.82, 2.24) is 4.90 Å². The quantitative estimate of drug-likeness (QED) is 0.699. The summed E-state index contributed by atoms with van der Waals surface area (Å²) < 4.78 is 11.6. The molecule has 0 bridgehead atoms. The Morgan fingerprint density at radius 3 is 2.13 bits per heavy atom. The molecule has 2 heterocycles. The smallest absolute Gasteiger partial charge is 0.182 e. The minimum Gasteiger partial charge on any atom is -0.346 e. The topological polar surface area (TPSA) is 21.7 Å². The van der Waals surface area contributed by atoms with Gasteiger partial charge in [0.05, 0.1) is 19.8 Å². The molecule has 0 amide bonds. The van der Waals surface area contributed by atoms with Crippen molar-refractivity contribution in [2.75, 3.05) is 19.8 Å². The second-order valence-electron chi connectivity index (χ2n) is 5.39. The van der Waals surface area contributed by atoms with Crippen LogP contribution in [0.15, 0.2) is 0 Å². The van der Waals surface area contributed by atoms with Crippen molar-refractivity contribution in [2.45, 2.75) is 52.0 Å². The van der Waals surface area contributed by atoms with Crippen molar-refractivity contribution >= 4 is 0 Å². The van der Waals surface area contributed by atoms with Gasteiger partial charge in [0.15, 0.2) is 5.79 Å². The van der Waals surface area contributed by atoms with Crippen molar-refractivity contribution in [3.63, 3.8) is 0 Å². The van der Waals surface area contributed by atoms with Crippen molar-refractivity contribution in [1.29, 1.82) is 0 Å². The second-order valence-corrected chi connectivity index (χ2v) is 5.39. The highest BCUT2D eigenvalue weighted by Crippen LogP contribution is 2.38. The Bertz CT molecular complexity index is 204. The minimum absolute atomic E-state index is 0.279. The fourth-order valence-corrected chi connectivity index (χ4v) is 2.79. The Balaban J connectivity index is 2.11. The lowest BCUT2D eigenvalue weighted by Crippen LogP contribution is -2.40. The van der Waals surface area contributed by atoms with Gasteiger partial charge in [-0.1, -0.05) is 13.8 Å². The Kier molecular flexibility index (Phi) is 3.06. The van der Waals surface area contributed by atoms with Crippen molar-refractivity contribution < 1.29 is 9.47 Å². The van der Waals surface area contributed by atoms with Crippen LogP contribution in [0.5, 0.6) is 0 Å². The molecular weight excluding hydrogens is 190 g/mol. The second kappa shape index (κ2) is 4.04. The highest BCUT2D eigenvalue weighted by Gasteiger charge is 2.49. The third kappa shape index (κ3) is 2.05. The van der Waals surface area contributed by atoms with Gasteiger partial charge in [-0.3, -0.25) is 4.90 Å². The molecule has 0 radical (unpaired) electrons. The summed E-state index contributed by atoms with van der Waals surface area (Å²) >= 11 is 0. The molecule has 3 heteroatoms. The van der Waals surface area contributed by atoms with Crippen LogP contribution in [0, 0.1) is 5.92 Å². The van der Waals surface area contributed by atoms with E-state index >= 15 is 0 Å². The highest BCUT2D eigenvalue weighted by atomic mass is 16.7. The van der Waals surface area contributed by atoms with Gasteiger partial charge in [-0.05, 0) is 19.8 Å². The van der Waals surface area contributed by atoms with E-state index in [0.717, 1.165) is 26.2 Å². The monoisotopic (exact) mass is 213 g/mol. The lowest BCUT2D eigenvalue weighted by atomic mass is 9.99. The maximum Gasteiger partial charge on any atom is 0.182 e. The fourth-order valence-electron chi connectivity index (χ4n) is 2.79. The summed E-state index contributed by atoms with van der Waals surface area (Å²) in [6.45, 7) is 11.5. The molecule has 0 aliphatic carbocycles. The first kappa shape index (κ1) is 11.4. The van der Waals surface area contributed by atoms with Crippen LogP contribution in [-0.2, 0) is 9.47 Å². The molecule has 2 aliphatic heterocycles. The van der Waals surface area contributed by atoms with Crippen LogP contribution >= 0.6 is 0 Å². The molecule has 15 heavy (non-hydrogen) atoms. The summed E-state index contributed by atoms with van der Waals surface area (Å²) in [7, 11) is 0. The standard InChI is InChI=1S/C12H23NO2/c1-9(2)11-7-12(14-5-6-15-12)8-13(11)10(3)4/h9-11H,5-8H2,1-4H3/t11-/m0/s1. The van der Waals surface area contributed by atoms with E-state index in [1.54, 1.807) is 0 Å². The first-order valence-corrected chi connectivity index (χ1v) is 6.08. The molecule has 0 N–H and O–H groups in total. The van der Waals surface area contributed by atoms with Gasteiger partial charge in [0.25, 0.3) is 0 Å². The Morgan fingerprint density at radius 2 is 1.73 bits per heavy atom. The summed E-state index contributed by atoms with van der Waals surface area (Å²) in [6.07, 6.45) is 1.03. The molecule has 0 aromatic heterocycles. The normalized spacial score (nSPS) is 31.2. The van der Waals surface area contributed by atoms with Crippen LogP contribution in [-0.4, -0.2) is 42.5 Å². The van der Waals surface area contributed by atoms with Gasteiger partial charge in [0.1, 0.15) is 0 Å². The SMILES string of the molecule is CC(C)[C@@H]1CC2(CN1C(C)C)OCCO2. The molecule has 3 nitrogen and oxygen atoms in total. The molecule has 1 atom stereocenters. The molecule has 0 aromatic rings. The van der Waals surface area contributed by atoms with Crippen LogP contribution < -0.4 is 0 Å². The van der Waals surface area contributed by atoms with Crippen molar-refractivity contribution in [2.24, 2.45) is 5.92 Å². The van der Waals surface area contributed by atoms with Gasteiger partial charge >= 0.3 is 0 Å². The lowest BCUT2D eigenvalue weighted by molar-refractivity contribution is -0.146. The van der Waals surface area contributed by atoms with Crippen molar-refractivity contribution in [3.8, 4) is 0 Å². The molecule has 0 aromatic carbocycles. The molecule has 2 rings (SSSR count). The zero-order valence-electron chi connectivity index (χ0n) is 10.3. The number of ether oxygens (including phenoxy) is 2. The molecule has 1 spiro atoms. The van der Waals surface area contributed by atoms with Crippen LogP contribution in [0.1, 0.15) is 34.1 Å². The maximum absolute atomic E-state index is 5.80. The van der Waals surface area contributed by atoms with Gasteiger partial charge in [-0.2, -0.15) is 0 Å². The minimum atomic E-state index is -0.279. The average Bonchev–Trinajstić information content (AvgIpc) is 2.74. The number of rotatable bonds is 2. The first-order chi connectivity index (χ1) is 7.04. The third-order valence-corrected chi connectivity index (χ3v) is 3.62. The lowest BCUT2D eigenvalue weighted by Gasteiger charge is -2.30. The van der Waals surface area contributed by atoms with Gasteiger partial charge in [0.2, 0.25) is 0 Å². The summed E-state index contributed by atoms with van der Waals surface area (Å²) in [6, 6.07) is 1.17. The highest BCUT2D eigenvalue weighted by molar-refractivity contribution is 4.96. The van der Waals surface area contributed by atoms with Crippen LogP contribution in [0.3, 0.4) is 0 Å². The predicted molar refractivity (Wildman–Crippen MR) is 59.7 cm³/mol. The Labute approximate surface area is 92.7 Å². The summed E-state index contributed by atoms with van der Waals surface area (Å²) in [5.41, 5.74) is 0. The number of likely N-dealkylation sites (tertiary alicyclic amines) is 1. The summed E-state index contributed by atoms with van der Waals surface area (Å²) in [5, 5.41) is 0. The molecule has 88 valence electrons. The van der Waals surface area contributed by atoms with E-state index in [2.05, 4.69) is 32.6 Å². The van der Waals surface area contributed by atoms with E-state index in [4.69, 9.17) is 9.47 Å². The molecule has 2 aliphatic rings. The zero-order chi connectivity index (χ0) is 11.1. The van der Waals surface area contributed by atoms with E-state index < -0.39 is 0 Å². The van der Waals surface area contributed by atoms with Gasteiger partial charge in [0, 0.05) is 18.5 Å². The number of hydrogen-bond donors (Lipinski definition) is 0. The third-order valence-electron chi connectivity index (χ3n) is 3.62. The average molecular weight is 213 g/mol. The van der Waals surface area contributed by atoms with E-state index in [9.17, 15) is 0 Å². The largest absolute Gasteiger partial charge is 0.346 e.